The SMILES string of the molecule is COc1ccc(C2=CN3C(=O)c4cc(OC)c(OCCCCCOc5cc6c(cc5OC)C(=O)N5C=C(c7ccc(O)cc7)CC5C=N6)cc4N=CC3C2)cc1. The van der Waals surface area contributed by atoms with E-state index < -0.39 is 0 Å². The first-order valence-electron chi connectivity index (χ1n) is 18.6. The average Bonchev–Trinajstić information content (AvgIpc) is 3.80. The predicted octanol–water partition coefficient (Wildman–Crippen LogP) is 7.99. The number of methoxy groups -OCH3 is 3. The van der Waals surface area contributed by atoms with E-state index in [2.05, 4.69) is 4.99 Å². The summed E-state index contributed by atoms with van der Waals surface area (Å²) in [5.74, 6) is 2.65. The Morgan fingerprint density at radius 3 is 1.52 bits per heavy atom. The van der Waals surface area contributed by atoms with Gasteiger partial charge in [0.05, 0.1) is 69.1 Å². The van der Waals surface area contributed by atoms with Gasteiger partial charge in [-0.2, -0.15) is 0 Å². The van der Waals surface area contributed by atoms with Crippen LogP contribution in [0.5, 0.6) is 34.5 Å². The fraction of sp³-hybridized carbons (Fsp3) is 0.273. The van der Waals surface area contributed by atoms with Gasteiger partial charge in [0.2, 0.25) is 0 Å². The monoisotopic (exact) mass is 754 g/mol. The van der Waals surface area contributed by atoms with Crippen molar-refractivity contribution in [1.82, 2.24) is 9.80 Å². The zero-order valence-electron chi connectivity index (χ0n) is 31.4. The van der Waals surface area contributed by atoms with Crippen molar-refractivity contribution in [3.8, 4) is 34.5 Å². The van der Waals surface area contributed by atoms with Crippen molar-refractivity contribution < 1.29 is 38.4 Å². The van der Waals surface area contributed by atoms with Gasteiger partial charge in [-0.1, -0.05) is 24.3 Å². The van der Waals surface area contributed by atoms with Crippen molar-refractivity contribution in [1.29, 1.82) is 0 Å². The van der Waals surface area contributed by atoms with Crippen LogP contribution < -0.4 is 23.7 Å². The summed E-state index contributed by atoms with van der Waals surface area (Å²) in [5.41, 5.74) is 6.01. The molecule has 4 aromatic rings. The number of aromatic hydroxyl groups is 1. The first-order chi connectivity index (χ1) is 27.3. The predicted molar refractivity (Wildman–Crippen MR) is 213 cm³/mol. The molecule has 0 saturated heterocycles. The number of phenolic OH excluding ortho intramolecular Hbond substituents is 1. The molecule has 4 heterocycles. The molecule has 0 saturated carbocycles. The van der Waals surface area contributed by atoms with Crippen LogP contribution >= 0.6 is 0 Å². The Morgan fingerprint density at radius 1 is 0.607 bits per heavy atom. The summed E-state index contributed by atoms with van der Waals surface area (Å²) in [6.07, 6.45) is 11.0. The molecule has 0 bridgehead atoms. The van der Waals surface area contributed by atoms with E-state index in [4.69, 9.17) is 28.7 Å². The molecule has 4 aliphatic heterocycles. The molecule has 12 heteroatoms. The van der Waals surface area contributed by atoms with Gasteiger partial charge in [-0.25, -0.2) is 0 Å². The maximum absolute atomic E-state index is 13.7. The summed E-state index contributed by atoms with van der Waals surface area (Å²) < 4.78 is 28.8. The van der Waals surface area contributed by atoms with Crippen molar-refractivity contribution in [3.05, 3.63) is 107 Å². The molecule has 2 atom stereocenters. The van der Waals surface area contributed by atoms with E-state index in [1.165, 1.54) is 0 Å². The van der Waals surface area contributed by atoms with Crippen LogP contribution in [0.25, 0.3) is 11.1 Å². The minimum Gasteiger partial charge on any atom is -0.508 e. The number of nitrogens with zero attached hydrogens (tertiary/aromatic N) is 4. The lowest BCUT2D eigenvalue weighted by molar-refractivity contribution is 0.0809. The lowest BCUT2D eigenvalue weighted by Crippen LogP contribution is -2.32. The highest BCUT2D eigenvalue weighted by Gasteiger charge is 2.35. The Balaban J connectivity index is 0.849. The number of carbonyl (C=O) groups is 2. The number of carbonyl (C=O) groups excluding carboxylic acids is 2. The highest BCUT2D eigenvalue weighted by molar-refractivity contribution is 6.06. The van der Waals surface area contributed by atoms with E-state index in [-0.39, 0.29) is 29.6 Å². The Hall–Kier alpha value is -6.56. The number of ether oxygens (including phenoxy) is 5. The van der Waals surface area contributed by atoms with E-state index in [0.717, 1.165) is 47.3 Å². The number of amides is 2. The largest absolute Gasteiger partial charge is 0.508 e. The number of benzene rings is 4. The second kappa shape index (κ2) is 15.7. The van der Waals surface area contributed by atoms with E-state index in [0.29, 0.717) is 71.6 Å². The zero-order chi connectivity index (χ0) is 38.8. The van der Waals surface area contributed by atoms with Gasteiger partial charge in [0.1, 0.15) is 11.5 Å². The van der Waals surface area contributed by atoms with Gasteiger partial charge in [-0.05, 0) is 77.9 Å². The standard InChI is InChI=1S/C44H42N4O8/c1-52-34-13-9-28(10-14-34)30-18-32-24-46-38-22-42(40(54-3)20-36(38)44(51)48(32)26-30)56-16-6-4-5-15-55-41-21-37-35(19-39(41)53-2)43(50)47-25-29(17-31(47)23-45-37)27-7-11-33(49)12-8-27/h7-14,19-26,31-32,49H,4-6,15-18H2,1-3H3. The van der Waals surface area contributed by atoms with Crippen LogP contribution in [-0.2, 0) is 0 Å². The van der Waals surface area contributed by atoms with Crippen LogP contribution in [0.1, 0.15) is 63.9 Å². The third-order valence-electron chi connectivity index (χ3n) is 10.4. The molecule has 56 heavy (non-hydrogen) atoms. The van der Waals surface area contributed by atoms with Crippen molar-refractivity contribution in [3.63, 3.8) is 0 Å². The summed E-state index contributed by atoms with van der Waals surface area (Å²) in [5, 5.41) is 9.67. The number of aliphatic imine (C=N–C) groups is 2. The third-order valence-corrected chi connectivity index (χ3v) is 10.4. The van der Waals surface area contributed by atoms with Gasteiger partial charge in [0.15, 0.2) is 23.0 Å². The third kappa shape index (κ3) is 7.17. The summed E-state index contributed by atoms with van der Waals surface area (Å²) in [6, 6.07) is 21.3. The Bertz CT molecular complexity index is 2280. The van der Waals surface area contributed by atoms with E-state index in [9.17, 15) is 14.7 Å². The van der Waals surface area contributed by atoms with Crippen LogP contribution in [0.15, 0.2) is 95.2 Å². The van der Waals surface area contributed by atoms with E-state index in [1.54, 1.807) is 73.7 Å². The van der Waals surface area contributed by atoms with Crippen LogP contribution in [0, 0.1) is 0 Å². The topological polar surface area (TPSA) is 132 Å². The van der Waals surface area contributed by atoms with Gasteiger partial charge >= 0.3 is 0 Å². The summed E-state index contributed by atoms with van der Waals surface area (Å²) in [7, 11) is 4.75. The lowest BCUT2D eigenvalue weighted by atomic mass is 10.0. The van der Waals surface area contributed by atoms with Crippen molar-refractivity contribution in [2.24, 2.45) is 9.98 Å². The quantitative estimate of drug-likeness (QED) is 0.136. The molecule has 2 unspecified atom stereocenters. The van der Waals surface area contributed by atoms with Crippen molar-refractivity contribution in [2.45, 2.75) is 44.2 Å². The number of rotatable bonds is 13. The molecule has 12 nitrogen and oxygen atoms in total. The van der Waals surface area contributed by atoms with Gasteiger partial charge < -0.3 is 38.6 Å². The van der Waals surface area contributed by atoms with Gasteiger partial charge in [0.25, 0.3) is 11.8 Å². The van der Waals surface area contributed by atoms with E-state index >= 15 is 0 Å². The number of hydrogen-bond acceptors (Lipinski definition) is 10. The van der Waals surface area contributed by atoms with Gasteiger partial charge in [-0.3, -0.25) is 19.6 Å². The van der Waals surface area contributed by atoms with Crippen molar-refractivity contribution >= 4 is 46.8 Å². The molecule has 2 amide bonds. The number of unbranched alkanes of at least 4 members (excludes halogenated alkanes) is 2. The summed E-state index contributed by atoms with van der Waals surface area (Å²) in [6.45, 7) is 0.876. The second-order valence-electron chi connectivity index (χ2n) is 13.9. The molecule has 0 fully saturated rings. The summed E-state index contributed by atoms with van der Waals surface area (Å²) in [4.78, 5) is 40.2. The van der Waals surface area contributed by atoms with Gasteiger partial charge in [-0.15, -0.1) is 0 Å². The van der Waals surface area contributed by atoms with Crippen LogP contribution in [0.4, 0.5) is 11.4 Å². The number of fused-ring (bicyclic) bond motifs is 4. The molecular formula is C44H42N4O8. The lowest BCUT2D eigenvalue weighted by Gasteiger charge is -2.19. The molecule has 4 aliphatic rings. The fourth-order valence-corrected chi connectivity index (χ4v) is 7.37. The van der Waals surface area contributed by atoms with Crippen LogP contribution in [-0.4, -0.2) is 85.8 Å². The molecule has 0 spiro atoms. The Labute approximate surface area is 324 Å². The second-order valence-corrected chi connectivity index (χ2v) is 13.9. The minimum absolute atomic E-state index is 0.140. The number of phenols is 1. The maximum atomic E-state index is 13.7. The molecular weight excluding hydrogens is 713 g/mol. The number of hydrogen-bond donors (Lipinski definition) is 1. The first-order valence-corrected chi connectivity index (χ1v) is 18.6. The highest BCUT2D eigenvalue weighted by atomic mass is 16.5. The first kappa shape index (κ1) is 36.4. The van der Waals surface area contributed by atoms with Crippen LogP contribution in [0.3, 0.4) is 0 Å². The molecule has 0 aliphatic carbocycles. The van der Waals surface area contributed by atoms with Crippen molar-refractivity contribution in [2.75, 3.05) is 34.5 Å². The molecule has 8 rings (SSSR count). The normalized spacial score (nSPS) is 17.9. The maximum Gasteiger partial charge on any atom is 0.260 e. The zero-order valence-corrected chi connectivity index (χ0v) is 31.4. The minimum atomic E-state index is -0.216. The summed E-state index contributed by atoms with van der Waals surface area (Å²) >= 11 is 0. The molecule has 0 aromatic heterocycles. The Morgan fingerprint density at radius 2 is 1.07 bits per heavy atom. The molecule has 0 radical (unpaired) electrons. The molecule has 1 N–H and O–H groups in total. The Kier molecular flexibility index (Phi) is 10.2. The molecule has 4 aromatic carbocycles. The average molecular weight is 755 g/mol. The van der Waals surface area contributed by atoms with E-state index in [1.807, 2.05) is 55.0 Å². The smallest absolute Gasteiger partial charge is 0.260 e. The fourth-order valence-electron chi connectivity index (χ4n) is 7.37. The van der Waals surface area contributed by atoms with Gasteiger partial charge in [0, 0.05) is 49.8 Å². The van der Waals surface area contributed by atoms with Crippen LogP contribution in [0.2, 0.25) is 0 Å². The molecule has 286 valence electrons. The highest BCUT2D eigenvalue weighted by Crippen LogP contribution is 2.42.